The summed E-state index contributed by atoms with van der Waals surface area (Å²) in [5, 5.41) is 1.23. The van der Waals surface area contributed by atoms with Crippen molar-refractivity contribution >= 4 is 44.5 Å². The van der Waals surface area contributed by atoms with Gasteiger partial charge in [-0.2, -0.15) is 13.4 Å². The molecule has 0 aliphatic carbocycles. The molecule has 146 valence electrons. The van der Waals surface area contributed by atoms with Crippen LogP contribution in [-0.4, -0.2) is 36.1 Å². The van der Waals surface area contributed by atoms with E-state index >= 15 is 0 Å². The van der Waals surface area contributed by atoms with Gasteiger partial charge in [0.25, 0.3) is 16.0 Å². The molecular weight excluding hydrogens is 404 g/mol. The second-order valence-corrected chi connectivity index (χ2v) is 7.50. The molecule has 0 bridgehead atoms. The van der Waals surface area contributed by atoms with E-state index in [4.69, 9.17) is 27.6 Å². The maximum atomic E-state index is 12.3. The van der Waals surface area contributed by atoms with Crippen molar-refractivity contribution in [2.24, 2.45) is 16.5 Å². The van der Waals surface area contributed by atoms with Gasteiger partial charge >= 0.3 is 0 Å². The molecule has 1 aromatic heterocycles. The number of hydrogen-bond acceptors (Lipinski definition) is 4. The van der Waals surface area contributed by atoms with Crippen molar-refractivity contribution in [3.8, 4) is 11.3 Å². The summed E-state index contributed by atoms with van der Waals surface area (Å²) in [5.41, 5.74) is 13.0. The summed E-state index contributed by atoms with van der Waals surface area (Å²) in [6.07, 6.45) is 0.715. The molecule has 1 heterocycles. The highest BCUT2D eigenvalue weighted by Crippen LogP contribution is 2.29. The number of benzene rings is 2. The molecule has 10 heteroatoms. The molecule has 0 saturated carbocycles. The number of para-hydroxylation sites is 1. The third kappa shape index (κ3) is 6.02. The quantitative estimate of drug-likeness (QED) is 0.327. The smallest absolute Gasteiger partial charge is 0.280 e. The van der Waals surface area contributed by atoms with Crippen LogP contribution in [0.1, 0.15) is 10.4 Å². The molecule has 3 aromatic rings. The SMILES string of the molecule is CS(=O)(=O)O.NC(N)=NC(=O)c1cc(-c2ccccc2Cl)nc2ccccc12. The number of halogens is 1. The fraction of sp³-hybridized carbons (Fsp3) is 0.0556. The number of amides is 1. The highest BCUT2D eigenvalue weighted by molar-refractivity contribution is 7.85. The van der Waals surface area contributed by atoms with Gasteiger partial charge in [-0.25, -0.2) is 4.98 Å². The van der Waals surface area contributed by atoms with Gasteiger partial charge in [-0.3, -0.25) is 9.35 Å². The maximum Gasteiger partial charge on any atom is 0.280 e. The molecule has 0 saturated heterocycles. The number of carbonyl (C=O) groups excluding carboxylic acids is 1. The number of pyridine rings is 1. The maximum absolute atomic E-state index is 12.3. The Labute approximate surface area is 166 Å². The molecule has 0 unspecified atom stereocenters. The Bertz CT molecular complexity index is 1150. The van der Waals surface area contributed by atoms with Crippen LogP contribution in [-0.2, 0) is 10.1 Å². The number of nitrogens with two attached hydrogens (primary N) is 2. The molecule has 0 radical (unpaired) electrons. The zero-order valence-corrected chi connectivity index (χ0v) is 16.3. The molecule has 0 aliphatic rings. The molecule has 3 rings (SSSR count). The largest absolute Gasteiger partial charge is 0.370 e. The molecular formula is C18H17ClN4O4S. The summed E-state index contributed by atoms with van der Waals surface area (Å²) < 4.78 is 25.9. The Hall–Kier alpha value is -3.01. The minimum atomic E-state index is -3.67. The lowest BCUT2D eigenvalue weighted by atomic mass is 10.0. The van der Waals surface area contributed by atoms with Crippen LogP contribution >= 0.6 is 11.6 Å². The first kappa shape index (κ1) is 21.3. The van der Waals surface area contributed by atoms with Crippen LogP contribution < -0.4 is 11.5 Å². The monoisotopic (exact) mass is 420 g/mol. The zero-order valence-electron chi connectivity index (χ0n) is 14.7. The van der Waals surface area contributed by atoms with Gasteiger partial charge in [0, 0.05) is 16.0 Å². The van der Waals surface area contributed by atoms with Crippen LogP contribution in [0.4, 0.5) is 0 Å². The van der Waals surface area contributed by atoms with Crippen molar-refractivity contribution in [1.82, 2.24) is 4.98 Å². The number of fused-ring (bicyclic) bond motifs is 1. The van der Waals surface area contributed by atoms with Gasteiger partial charge in [-0.15, -0.1) is 0 Å². The predicted molar refractivity (Wildman–Crippen MR) is 110 cm³/mol. The highest BCUT2D eigenvalue weighted by Gasteiger charge is 2.14. The number of carbonyl (C=O) groups is 1. The van der Waals surface area contributed by atoms with Gasteiger partial charge in [0.1, 0.15) is 0 Å². The van der Waals surface area contributed by atoms with Gasteiger partial charge in [0.15, 0.2) is 5.96 Å². The number of guanidine groups is 1. The van der Waals surface area contributed by atoms with E-state index in [2.05, 4.69) is 9.98 Å². The molecule has 0 fully saturated rings. The summed E-state index contributed by atoms with van der Waals surface area (Å²) in [6.45, 7) is 0. The topological polar surface area (TPSA) is 149 Å². The molecule has 5 N–H and O–H groups in total. The minimum Gasteiger partial charge on any atom is -0.370 e. The summed E-state index contributed by atoms with van der Waals surface area (Å²) in [7, 11) is -3.67. The van der Waals surface area contributed by atoms with Crippen molar-refractivity contribution in [3.05, 3.63) is 65.2 Å². The fourth-order valence-corrected chi connectivity index (χ4v) is 2.57. The first-order chi connectivity index (χ1) is 13.1. The van der Waals surface area contributed by atoms with Crippen LogP contribution in [0.25, 0.3) is 22.2 Å². The normalized spacial score (nSPS) is 10.7. The van der Waals surface area contributed by atoms with E-state index in [1.807, 2.05) is 36.4 Å². The van der Waals surface area contributed by atoms with Gasteiger partial charge in [0.05, 0.1) is 23.0 Å². The van der Waals surface area contributed by atoms with Crippen LogP contribution in [0.2, 0.25) is 5.02 Å². The third-order valence-electron chi connectivity index (χ3n) is 3.33. The van der Waals surface area contributed by atoms with E-state index in [1.54, 1.807) is 18.2 Å². The Balaban J connectivity index is 0.000000500. The summed E-state index contributed by atoms with van der Waals surface area (Å²) in [5.74, 6) is -0.799. The van der Waals surface area contributed by atoms with E-state index in [-0.39, 0.29) is 5.96 Å². The second-order valence-electron chi connectivity index (χ2n) is 5.63. The average Bonchev–Trinajstić information content (AvgIpc) is 2.59. The number of aliphatic imine (C=N–C) groups is 1. The van der Waals surface area contributed by atoms with Crippen molar-refractivity contribution in [1.29, 1.82) is 0 Å². The Morgan fingerprint density at radius 1 is 1.11 bits per heavy atom. The first-order valence-electron chi connectivity index (χ1n) is 7.77. The third-order valence-corrected chi connectivity index (χ3v) is 3.66. The van der Waals surface area contributed by atoms with E-state index in [9.17, 15) is 13.2 Å². The number of nitrogens with zero attached hydrogens (tertiary/aromatic N) is 2. The van der Waals surface area contributed by atoms with Crippen molar-refractivity contribution in [3.63, 3.8) is 0 Å². The van der Waals surface area contributed by atoms with E-state index in [1.165, 1.54) is 0 Å². The van der Waals surface area contributed by atoms with E-state index < -0.39 is 16.0 Å². The van der Waals surface area contributed by atoms with Gasteiger partial charge in [0.2, 0.25) is 0 Å². The number of rotatable bonds is 2. The first-order valence-corrected chi connectivity index (χ1v) is 10.00. The van der Waals surface area contributed by atoms with Gasteiger partial charge < -0.3 is 11.5 Å². The van der Waals surface area contributed by atoms with Crippen LogP contribution in [0, 0.1) is 0 Å². The van der Waals surface area contributed by atoms with Crippen LogP contribution in [0.5, 0.6) is 0 Å². The standard InChI is InChI=1S/C17H13ClN4O.CH4O3S/c18-13-7-3-1-6-11(13)15-9-12(16(23)22-17(19)20)10-5-2-4-8-14(10)21-15;1-5(2,3)4/h1-9H,(H4,19,20,22,23);1H3,(H,2,3,4). The lowest BCUT2D eigenvalue weighted by Gasteiger charge is -2.09. The number of hydrogen-bond donors (Lipinski definition) is 3. The van der Waals surface area contributed by atoms with E-state index in [0.717, 1.165) is 5.56 Å². The molecule has 0 spiro atoms. The molecule has 28 heavy (non-hydrogen) atoms. The Morgan fingerprint density at radius 3 is 2.29 bits per heavy atom. The van der Waals surface area contributed by atoms with Gasteiger partial charge in [-0.1, -0.05) is 48.0 Å². The lowest BCUT2D eigenvalue weighted by molar-refractivity contribution is 0.100. The summed E-state index contributed by atoms with van der Waals surface area (Å²) >= 11 is 6.23. The minimum absolute atomic E-state index is 0.282. The second kappa shape index (κ2) is 8.79. The average molecular weight is 421 g/mol. The summed E-state index contributed by atoms with van der Waals surface area (Å²) in [4.78, 5) is 20.5. The predicted octanol–water partition coefficient (Wildman–Crippen LogP) is 2.47. The Morgan fingerprint density at radius 2 is 1.68 bits per heavy atom. The van der Waals surface area contributed by atoms with Crippen molar-refractivity contribution in [2.75, 3.05) is 6.26 Å². The van der Waals surface area contributed by atoms with Crippen LogP contribution in [0.15, 0.2) is 59.6 Å². The summed E-state index contributed by atoms with van der Waals surface area (Å²) in [6, 6.07) is 16.2. The lowest BCUT2D eigenvalue weighted by Crippen LogP contribution is -2.24. The molecule has 0 aliphatic heterocycles. The molecule has 8 nitrogen and oxygen atoms in total. The van der Waals surface area contributed by atoms with Crippen molar-refractivity contribution < 1.29 is 17.8 Å². The highest BCUT2D eigenvalue weighted by atomic mass is 35.5. The van der Waals surface area contributed by atoms with Crippen LogP contribution in [0.3, 0.4) is 0 Å². The molecule has 2 aromatic carbocycles. The fourth-order valence-electron chi connectivity index (χ4n) is 2.34. The number of aromatic nitrogens is 1. The molecule has 0 atom stereocenters. The van der Waals surface area contributed by atoms with Crippen molar-refractivity contribution in [2.45, 2.75) is 0 Å². The Kier molecular flexibility index (Phi) is 6.68. The van der Waals surface area contributed by atoms with E-state index in [0.29, 0.717) is 33.4 Å². The molecule has 1 amide bonds. The zero-order chi connectivity index (χ0) is 20.9. The van der Waals surface area contributed by atoms with Gasteiger partial charge in [-0.05, 0) is 18.2 Å².